The molecule has 43 heavy (non-hydrogen) atoms. The molecule has 9 nitrogen and oxygen atoms in total. The largest absolute Gasteiger partial charge is 0.493 e. The summed E-state index contributed by atoms with van der Waals surface area (Å²) in [6, 6.07) is 17.7. The van der Waals surface area contributed by atoms with Crippen molar-refractivity contribution in [3.63, 3.8) is 0 Å². The van der Waals surface area contributed by atoms with Crippen LogP contribution in [-0.4, -0.2) is 63.7 Å². The minimum atomic E-state index is -3.98. The first-order valence-electron chi connectivity index (χ1n) is 13.4. The lowest BCUT2D eigenvalue weighted by atomic mass is 10.0. The predicted molar refractivity (Wildman–Crippen MR) is 171 cm³/mol. The van der Waals surface area contributed by atoms with Gasteiger partial charge in [-0.15, -0.1) is 0 Å². The van der Waals surface area contributed by atoms with Gasteiger partial charge in [-0.05, 0) is 50.6 Å². The number of halogens is 2. The lowest BCUT2D eigenvalue weighted by Gasteiger charge is -2.35. The van der Waals surface area contributed by atoms with Gasteiger partial charge in [0.1, 0.15) is 12.6 Å². The quantitative estimate of drug-likeness (QED) is 0.284. The van der Waals surface area contributed by atoms with Crippen molar-refractivity contribution in [2.45, 2.75) is 45.3 Å². The number of nitrogens with zero attached hydrogens (tertiary/aromatic N) is 2. The van der Waals surface area contributed by atoms with Crippen molar-refractivity contribution in [3.05, 3.63) is 87.9 Å². The van der Waals surface area contributed by atoms with Gasteiger partial charge in [0.15, 0.2) is 11.5 Å². The van der Waals surface area contributed by atoms with Crippen molar-refractivity contribution < 1.29 is 27.5 Å². The first kappa shape index (κ1) is 34.0. The minimum Gasteiger partial charge on any atom is -0.493 e. The molecule has 0 fully saturated rings. The lowest BCUT2D eigenvalue weighted by Crippen LogP contribution is -2.56. The van der Waals surface area contributed by atoms with Crippen LogP contribution in [0.15, 0.2) is 66.7 Å². The SMILES string of the molecule is COc1ccc(N(CC(=O)N(Cc2c(Cl)cccc2Cl)[C@@H](Cc2ccccc2)C(=O)NC(C)(C)C)S(C)(=O)=O)cc1OC. The fourth-order valence-electron chi connectivity index (χ4n) is 4.45. The Morgan fingerprint density at radius 3 is 2.05 bits per heavy atom. The van der Waals surface area contributed by atoms with Gasteiger partial charge in [-0.1, -0.05) is 59.6 Å². The smallest absolute Gasteiger partial charge is 0.244 e. The molecule has 3 rings (SSSR count). The van der Waals surface area contributed by atoms with E-state index in [-0.39, 0.29) is 24.4 Å². The molecule has 0 saturated carbocycles. The highest BCUT2D eigenvalue weighted by atomic mass is 35.5. The molecule has 0 unspecified atom stereocenters. The van der Waals surface area contributed by atoms with Crippen LogP contribution in [0, 0.1) is 0 Å². The maximum Gasteiger partial charge on any atom is 0.244 e. The average molecular weight is 651 g/mol. The molecule has 0 saturated heterocycles. The summed E-state index contributed by atoms with van der Waals surface area (Å²) in [5.74, 6) is -0.374. The Bertz CT molecular complexity index is 1520. The van der Waals surface area contributed by atoms with Gasteiger partial charge < -0.3 is 19.7 Å². The second kappa shape index (κ2) is 14.3. The van der Waals surface area contributed by atoms with Gasteiger partial charge in [-0.2, -0.15) is 0 Å². The van der Waals surface area contributed by atoms with Crippen molar-refractivity contribution >= 4 is 50.7 Å². The van der Waals surface area contributed by atoms with Gasteiger partial charge in [0.05, 0.1) is 26.2 Å². The number of rotatable bonds is 12. The summed E-state index contributed by atoms with van der Waals surface area (Å²) in [7, 11) is -1.09. The molecule has 1 N–H and O–H groups in total. The van der Waals surface area contributed by atoms with Crippen LogP contribution in [0.3, 0.4) is 0 Å². The average Bonchev–Trinajstić information content (AvgIpc) is 2.93. The third-order valence-electron chi connectivity index (χ3n) is 6.49. The predicted octanol–water partition coefficient (Wildman–Crippen LogP) is 5.33. The molecular weight excluding hydrogens is 613 g/mol. The zero-order valence-corrected chi connectivity index (χ0v) is 27.4. The van der Waals surface area contributed by atoms with Crippen LogP contribution in [0.25, 0.3) is 0 Å². The molecule has 1 atom stereocenters. The maximum atomic E-state index is 14.3. The fraction of sp³-hybridized carbons (Fsp3) is 0.355. The van der Waals surface area contributed by atoms with E-state index in [1.54, 1.807) is 24.3 Å². The number of sulfonamides is 1. The number of methoxy groups -OCH3 is 2. The summed E-state index contributed by atoms with van der Waals surface area (Å²) in [4.78, 5) is 29.5. The number of benzene rings is 3. The molecule has 0 aliphatic rings. The van der Waals surface area contributed by atoms with Crippen molar-refractivity contribution in [1.82, 2.24) is 10.2 Å². The van der Waals surface area contributed by atoms with Crippen LogP contribution >= 0.6 is 23.2 Å². The van der Waals surface area contributed by atoms with E-state index in [1.807, 2.05) is 51.1 Å². The maximum absolute atomic E-state index is 14.3. The van der Waals surface area contributed by atoms with Crippen molar-refractivity contribution in [1.29, 1.82) is 0 Å². The Balaban J connectivity index is 2.14. The molecule has 0 aromatic heterocycles. The van der Waals surface area contributed by atoms with E-state index in [0.29, 0.717) is 21.4 Å². The van der Waals surface area contributed by atoms with Gasteiger partial charge in [-0.3, -0.25) is 13.9 Å². The highest BCUT2D eigenvalue weighted by Crippen LogP contribution is 2.33. The zero-order chi connectivity index (χ0) is 31.9. The summed E-state index contributed by atoms with van der Waals surface area (Å²) >= 11 is 13.0. The van der Waals surface area contributed by atoms with E-state index in [9.17, 15) is 18.0 Å². The fourth-order valence-corrected chi connectivity index (χ4v) is 5.81. The van der Waals surface area contributed by atoms with Gasteiger partial charge in [-0.25, -0.2) is 8.42 Å². The molecule has 0 spiro atoms. The summed E-state index contributed by atoms with van der Waals surface area (Å²) in [5, 5.41) is 3.58. The highest BCUT2D eigenvalue weighted by molar-refractivity contribution is 7.92. The van der Waals surface area contributed by atoms with Crippen LogP contribution in [0.5, 0.6) is 11.5 Å². The summed E-state index contributed by atoms with van der Waals surface area (Å²) in [5.41, 5.74) is 0.807. The summed E-state index contributed by atoms with van der Waals surface area (Å²) < 4.78 is 37.7. The molecule has 0 aliphatic carbocycles. The number of ether oxygens (including phenoxy) is 2. The van der Waals surface area contributed by atoms with Gasteiger partial charge in [0.2, 0.25) is 21.8 Å². The normalized spacial score (nSPS) is 12.3. The zero-order valence-electron chi connectivity index (χ0n) is 25.1. The van der Waals surface area contributed by atoms with Gasteiger partial charge in [0, 0.05) is 40.2 Å². The van der Waals surface area contributed by atoms with Crippen molar-refractivity contribution in [2.75, 3.05) is 31.3 Å². The number of nitrogens with one attached hydrogen (secondary N) is 1. The molecule has 3 aromatic rings. The van der Waals surface area contributed by atoms with E-state index in [2.05, 4.69) is 5.32 Å². The molecule has 2 amide bonds. The molecule has 0 radical (unpaired) electrons. The molecule has 12 heteroatoms. The minimum absolute atomic E-state index is 0.143. The van der Waals surface area contributed by atoms with E-state index in [4.69, 9.17) is 32.7 Å². The molecule has 0 heterocycles. The second-order valence-electron chi connectivity index (χ2n) is 11.0. The van der Waals surface area contributed by atoms with Crippen LogP contribution < -0.4 is 19.1 Å². The molecular formula is C31H37Cl2N3O6S. The number of carbonyl (C=O) groups excluding carboxylic acids is 2. The third kappa shape index (κ3) is 9.26. The van der Waals surface area contributed by atoms with Crippen molar-refractivity contribution in [2.24, 2.45) is 0 Å². The van der Waals surface area contributed by atoms with Crippen LogP contribution in [0.2, 0.25) is 10.0 Å². The van der Waals surface area contributed by atoms with E-state index in [1.165, 1.54) is 31.3 Å². The number of hydrogen-bond donors (Lipinski definition) is 1. The third-order valence-corrected chi connectivity index (χ3v) is 8.34. The second-order valence-corrected chi connectivity index (χ2v) is 13.7. The Hall–Kier alpha value is -3.47. The van der Waals surface area contributed by atoms with E-state index >= 15 is 0 Å². The molecule has 232 valence electrons. The van der Waals surface area contributed by atoms with Crippen LogP contribution in [0.4, 0.5) is 5.69 Å². The monoisotopic (exact) mass is 649 g/mol. The number of anilines is 1. The summed E-state index contributed by atoms with van der Waals surface area (Å²) in [6.45, 7) is 4.76. The van der Waals surface area contributed by atoms with E-state index in [0.717, 1.165) is 16.1 Å². The number of amides is 2. The van der Waals surface area contributed by atoms with Crippen molar-refractivity contribution in [3.8, 4) is 11.5 Å². The Morgan fingerprint density at radius 2 is 1.51 bits per heavy atom. The first-order valence-corrected chi connectivity index (χ1v) is 16.0. The molecule has 3 aromatic carbocycles. The van der Waals surface area contributed by atoms with E-state index < -0.39 is 40.0 Å². The van der Waals surface area contributed by atoms with Crippen LogP contribution in [-0.2, 0) is 32.6 Å². The Kier molecular flexibility index (Phi) is 11.3. The molecule has 0 bridgehead atoms. The van der Waals surface area contributed by atoms with Gasteiger partial charge >= 0.3 is 0 Å². The first-order chi connectivity index (χ1) is 20.1. The number of hydrogen-bond acceptors (Lipinski definition) is 6. The van der Waals surface area contributed by atoms with Gasteiger partial charge in [0.25, 0.3) is 0 Å². The van der Waals surface area contributed by atoms with Crippen LogP contribution in [0.1, 0.15) is 31.9 Å². The lowest BCUT2D eigenvalue weighted by molar-refractivity contribution is -0.140. The number of carbonyl (C=O) groups is 2. The Labute approximate surface area is 263 Å². The molecule has 0 aliphatic heterocycles. The topological polar surface area (TPSA) is 105 Å². The Morgan fingerprint density at radius 1 is 0.907 bits per heavy atom. The standard InChI is InChI=1S/C31H37Cl2N3O6S/c1-31(2,3)34-30(38)26(17-21-11-8-7-9-12-21)35(19-23-24(32)13-10-14-25(23)33)29(37)20-36(43(6,39)40)22-15-16-27(41-4)28(18-22)42-5/h7-16,18,26H,17,19-20H2,1-6H3,(H,34,38)/t26-/m0/s1. The summed E-state index contributed by atoms with van der Waals surface area (Å²) in [6.07, 6.45) is 1.16. The highest BCUT2D eigenvalue weighted by Gasteiger charge is 2.35.